The first-order chi connectivity index (χ1) is 6.88. The van der Waals surface area contributed by atoms with Crippen LogP contribution in [0.2, 0.25) is 0 Å². The lowest BCUT2D eigenvalue weighted by atomic mass is 9.95. The molecule has 0 aliphatic heterocycles. The molecular formula is C13H14O. The molecule has 1 aliphatic rings. The van der Waals surface area contributed by atoms with E-state index in [0.29, 0.717) is 0 Å². The molecule has 2 rings (SSSR count). The lowest BCUT2D eigenvalue weighted by Crippen LogP contribution is -2.02. The zero-order valence-electron chi connectivity index (χ0n) is 8.06. The average molecular weight is 186 g/mol. The minimum atomic E-state index is -0.429. The van der Waals surface area contributed by atoms with Crippen molar-refractivity contribution >= 4 is 0 Å². The summed E-state index contributed by atoms with van der Waals surface area (Å²) in [4.78, 5) is 0. The van der Waals surface area contributed by atoms with Crippen molar-refractivity contribution in [3.8, 4) is 0 Å². The van der Waals surface area contributed by atoms with Crippen molar-refractivity contribution in [2.45, 2.75) is 18.9 Å². The fourth-order valence-corrected chi connectivity index (χ4v) is 1.70. The van der Waals surface area contributed by atoms with Gasteiger partial charge in [-0.3, -0.25) is 0 Å². The first-order valence-electron chi connectivity index (χ1n) is 4.96. The molecule has 0 bridgehead atoms. The monoisotopic (exact) mass is 186 g/mol. The third-order valence-electron chi connectivity index (χ3n) is 2.51. The van der Waals surface area contributed by atoms with E-state index in [-0.39, 0.29) is 0 Å². The summed E-state index contributed by atoms with van der Waals surface area (Å²) in [7, 11) is 0. The van der Waals surface area contributed by atoms with Crippen LogP contribution in [0.1, 0.15) is 24.5 Å². The lowest BCUT2D eigenvalue weighted by molar-refractivity contribution is 0.211. The SMILES string of the molecule is OC(C1=CC=CCC1)c1ccccc1. The van der Waals surface area contributed by atoms with Gasteiger partial charge in [0.2, 0.25) is 0 Å². The van der Waals surface area contributed by atoms with Gasteiger partial charge < -0.3 is 5.11 Å². The number of rotatable bonds is 2. The van der Waals surface area contributed by atoms with E-state index in [2.05, 4.69) is 6.08 Å². The molecule has 0 spiro atoms. The van der Waals surface area contributed by atoms with Gasteiger partial charge in [-0.05, 0) is 24.0 Å². The molecule has 0 heterocycles. The zero-order chi connectivity index (χ0) is 9.80. The van der Waals surface area contributed by atoms with Crippen molar-refractivity contribution in [2.75, 3.05) is 0 Å². The molecule has 1 aromatic rings. The summed E-state index contributed by atoms with van der Waals surface area (Å²) in [6.07, 6.45) is 7.73. The van der Waals surface area contributed by atoms with Gasteiger partial charge in [-0.1, -0.05) is 48.6 Å². The summed E-state index contributed by atoms with van der Waals surface area (Å²) in [6.45, 7) is 0. The Morgan fingerprint density at radius 2 is 1.93 bits per heavy atom. The smallest absolute Gasteiger partial charge is 0.100 e. The molecule has 0 amide bonds. The number of allylic oxidation sites excluding steroid dienone is 3. The molecule has 1 aromatic carbocycles. The predicted molar refractivity (Wildman–Crippen MR) is 57.9 cm³/mol. The Morgan fingerprint density at radius 1 is 1.14 bits per heavy atom. The molecule has 0 fully saturated rings. The standard InChI is InChI=1S/C13H14O/c14-13(11-7-3-1-4-8-11)12-9-5-2-6-10-12/h1-5,7-9,13-14H,6,10H2. The van der Waals surface area contributed by atoms with E-state index in [0.717, 1.165) is 24.0 Å². The topological polar surface area (TPSA) is 20.2 Å². The first-order valence-corrected chi connectivity index (χ1v) is 4.96. The van der Waals surface area contributed by atoms with Gasteiger partial charge in [0, 0.05) is 0 Å². The van der Waals surface area contributed by atoms with Crippen LogP contribution in [0.15, 0.2) is 54.1 Å². The highest BCUT2D eigenvalue weighted by atomic mass is 16.3. The average Bonchev–Trinajstić information content (AvgIpc) is 2.30. The van der Waals surface area contributed by atoms with E-state index < -0.39 is 6.10 Å². The highest BCUT2D eigenvalue weighted by molar-refractivity contribution is 5.29. The second kappa shape index (κ2) is 4.25. The quantitative estimate of drug-likeness (QED) is 0.752. The molecule has 0 saturated carbocycles. The lowest BCUT2D eigenvalue weighted by Gasteiger charge is -2.16. The van der Waals surface area contributed by atoms with Crippen molar-refractivity contribution in [1.29, 1.82) is 0 Å². The van der Waals surface area contributed by atoms with E-state index in [1.165, 1.54) is 0 Å². The largest absolute Gasteiger partial charge is 0.384 e. The van der Waals surface area contributed by atoms with Gasteiger partial charge in [-0.25, -0.2) is 0 Å². The summed E-state index contributed by atoms with van der Waals surface area (Å²) < 4.78 is 0. The van der Waals surface area contributed by atoms with E-state index in [1.54, 1.807) is 0 Å². The van der Waals surface area contributed by atoms with Crippen molar-refractivity contribution in [3.63, 3.8) is 0 Å². The molecule has 14 heavy (non-hydrogen) atoms. The third-order valence-corrected chi connectivity index (χ3v) is 2.51. The van der Waals surface area contributed by atoms with Gasteiger partial charge in [-0.15, -0.1) is 0 Å². The Balaban J connectivity index is 2.19. The van der Waals surface area contributed by atoms with E-state index >= 15 is 0 Å². The molecule has 0 saturated heterocycles. The third kappa shape index (κ3) is 1.94. The fourth-order valence-electron chi connectivity index (χ4n) is 1.70. The van der Waals surface area contributed by atoms with E-state index in [1.807, 2.05) is 42.5 Å². The number of benzene rings is 1. The second-order valence-corrected chi connectivity index (χ2v) is 3.52. The summed E-state index contributed by atoms with van der Waals surface area (Å²) in [6, 6.07) is 9.80. The highest BCUT2D eigenvalue weighted by Crippen LogP contribution is 2.26. The minimum absolute atomic E-state index is 0.429. The van der Waals surface area contributed by atoms with Crippen LogP contribution in [-0.4, -0.2) is 5.11 Å². The zero-order valence-corrected chi connectivity index (χ0v) is 8.06. The van der Waals surface area contributed by atoms with E-state index in [4.69, 9.17) is 0 Å². The number of hydrogen-bond acceptors (Lipinski definition) is 1. The molecule has 1 heteroatoms. The molecule has 72 valence electrons. The van der Waals surface area contributed by atoms with Gasteiger partial charge in [0.25, 0.3) is 0 Å². The maximum atomic E-state index is 10.0. The second-order valence-electron chi connectivity index (χ2n) is 3.52. The Bertz CT molecular complexity index is 349. The van der Waals surface area contributed by atoms with Crippen LogP contribution in [0.5, 0.6) is 0 Å². The van der Waals surface area contributed by atoms with Crippen LogP contribution in [0.25, 0.3) is 0 Å². The molecular weight excluding hydrogens is 172 g/mol. The molecule has 1 N–H and O–H groups in total. The minimum Gasteiger partial charge on any atom is -0.384 e. The number of aliphatic hydroxyl groups excluding tert-OH is 1. The first kappa shape index (κ1) is 9.22. The summed E-state index contributed by atoms with van der Waals surface area (Å²) in [5.41, 5.74) is 2.09. The van der Waals surface area contributed by atoms with Crippen LogP contribution in [-0.2, 0) is 0 Å². The van der Waals surface area contributed by atoms with Crippen molar-refractivity contribution < 1.29 is 5.11 Å². The van der Waals surface area contributed by atoms with Gasteiger partial charge >= 0.3 is 0 Å². The maximum Gasteiger partial charge on any atom is 0.100 e. The fraction of sp³-hybridized carbons (Fsp3) is 0.231. The summed E-state index contributed by atoms with van der Waals surface area (Å²) in [5, 5.41) is 10.0. The Hall–Kier alpha value is -1.34. The Morgan fingerprint density at radius 3 is 2.57 bits per heavy atom. The number of aliphatic hydroxyl groups is 1. The van der Waals surface area contributed by atoms with Gasteiger partial charge in [0.1, 0.15) is 6.10 Å². The van der Waals surface area contributed by atoms with Crippen LogP contribution >= 0.6 is 0 Å². The van der Waals surface area contributed by atoms with Crippen LogP contribution in [0.3, 0.4) is 0 Å². The van der Waals surface area contributed by atoms with E-state index in [9.17, 15) is 5.11 Å². The Kier molecular flexibility index (Phi) is 2.80. The molecule has 1 nitrogen and oxygen atoms in total. The van der Waals surface area contributed by atoms with Crippen LogP contribution in [0.4, 0.5) is 0 Å². The highest BCUT2D eigenvalue weighted by Gasteiger charge is 2.12. The molecule has 1 atom stereocenters. The van der Waals surface area contributed by atoms with Gasteiger partial charge in [0.05, 0.1) is 0 Å². The molecule has 0 radical (unpaired) electrons. The predicted octanol–water partition coefficient (Wildman–Crippen LogP) is 3.00. The molecule has 1 aliphatic carbocycles. The Labute approximate surface area is 84.4 Å². The van der Waals surface area contributed by atoms with Crippen molar-refractivity contribution in [3.05, 3.63) is 59.7 Å². The van der Waals surface area contributed by atoms with Crippen LogP contribution < -0.4 is 0 Å². The maximum absolute atomic E-state index is 10.0. The van der Waals surface area contributed by atoms with Crippen molar-refractivity contribution in [1.82, 2.24) is 0 Å². The summed E-state index contributed by atoms with van der Waals surface area (Å²) in [5.74, 6) is 0. The molecule has 1 unspecified atom stereocenters. The number of hydrogen-bond donors (Lipinski definition) is 1. The van der Waals surface area contributed by atoms with Gasteiger partial charge in [0.15, 0.2) is 0 Å². The van der Waals surface area contributed by atoms with Crippen LogP contribution in [0, 0.1) is 0 Å². The van der Waals surface area contributed by atoms with Gasteiger partial charge in [-0.2, -0.15) is 0 Å². The summed E-state index contributed by atoms with van der Waals surface area (Å²) >= 11 is 0. The molecule has 0 aromatic heterocycles. The normalized spacial score (nSPS) is 17.6. The van der Waals surface area contributed by atoms with Crippen molar-refractivity contribution in [2.24, 2.45) is 0 Å².